The maximum absolute atomic E-state index is 13.0. The van der Waals surface area contributed by atoms with Crippen LogP contribution in [0.15, 0.2) is 21.3 Å². The zero-order valence-corrected chi connectivity index (χ0v) is 17.2. The highest BCUT2D eigenvalue weighted by Gasteiger charge is 2.39. The molecule has 0 aliphatic carbocycles. The van der Waals surface area contributed by atoms with Gasteiger partial charge in [0.25, 0.3) is 0 Å². The molecule has 9 nitrogen and oxygen atoms in total. The van der Waals surface area contributed by atoms with E-state index < -0.39 is 23.6 Å². The van der Waals surface area contributed by atoms with Crippen molar-refractivity contribution in [3.8, 4) is 5.75 Å². The van der Waals surface area contributed by atoms with Crippen molar-refractivity contribution < 1.29 is 32.2 Å². The quantitative estimate of drug-likeness (QED) is 0.474. The first-order chi connectivity index (χ1) is 15.1. The Morgan fingerprint density at radius 2 is 2.00 bits per heavy atom. The summed E-state index contributed by atoms with van der Waals surface area (Å²) in [5.41, 5.74) is 0.434. The molecule has 0 radical (unpaired) electrons. The number of methoxy groups -OCH3 is 1. The molecule has 0 spiro atoms. The van der Waals surface area contributed by atoms with E-state index in [0.717, 1.165) is 4.57 Å². The molecule has 1 aromatic carbocycles. The number of halogens is 3. The van der Waals surface area contributed by atoms with E-state index >= 15 is 0 Å². The normalized spacial score (nSPS) is 14.5. The van der Waals surface area contributed by atoms with Crippen molar-refractivity contribution >= 4 is 16.9 Å². The van der Waals surface area contributed by atoms with Gasteiger partial charge in [-0.05, 0) is 24.6 Å². The van der Waals surface area contributed by atoms with E-state index in [9.17, 15) is 27.9 Å². The molecule has 3 heterocycles. The molecule has 0 unspecified atom stereocenters. The predicted octanol–water partition coefficient (Wildman–Crippen LogP) is 2.15. The van der Waals surface area contributed by atoms with E-state index in [1.54, 1.807) is 17.9 Å². The minimum atomic E-state index is -4.59. The van der Waals surface area contributed by atoms with E-state index in [0.29, 0.717) is 16.5 Å². The highest BCUT2D eigenvalue weighted by molar-refractivity contribution is 5.87. The molecule has 170 valence electrons. The Bertz CT molecular complexity index is 1260. The van der Waals surface area contributed by atoms with Crippen molar-refractivity contribution in [2.45, 2.75) is 39.2 Å². The fourth-order valence-corrected chi connectivity index (χ4v) is 3.85. The Kier molecular flexibility index (Phi) is 5.41. The summed E-state index contributed by atoms with van der Waals surface area (Å²) < 4.78 is 50.3. The molecule has 12 heteroatoms. The lowest BCUT2D eigenvalue weighted by molar-refractivity contribution is -0.148. The van der Waals surface area contributed by atoms with E-state index in [1.165, 1.54) is 13.2 Å². The third kappa shape index (κ3) is 3.81. The van der Waals surface area contributed by atoms with Gasteiger partial charge in [-0.1, -0.05) is 0 Å². The third-order valence-corrected chi connectivity index (χ3v) is 5.55. The number of esters is 1. The van der Waals surface area contributed by atoms with E-state index in [2.05, 4.69) is 14.9 Å². The van der Waals surface area contributed by atoms with Gasteiger partial charge in [0.2, 0.25) is 5.82 Å². The number of phenols is 1. The number of phenolic OH excluding ortho intramolecular Hbond substituents is 1. The van der Waals surface area contributed by atoms with Gasteiger partial charge in [0.05, 0.1) is 31.2 Å². The average Bonchev–Trinajstić information content (AvgIpc) is 3.17. The molecule has 0 amide bonds. The number of aromatic hydroxyl groups is 1. The van der Waals surface area contributed by atoms with Gasteiger partial charge < -0.3 is 18.8 Å². The molecule has 0 bridgehead atoms. The van der Waals surface area contributed by atoms with Crippen molar-refractivity contribution in [1.29, 1.82) is 0 Å². The molecular weight excluding hydrogens is 433 g/mol. The molecule has 0 fully saturated rings. The van der Waals surface area contributed by atoms with E-state index in [1.807, 2.05) is 0 Å². The molecule has 1 N–H and O–H groups in total. The van der Waals surface area contributed by atoms with Gasteiger partial charge in [0, 0.05) is 25.0 Å². The minimum absolute atomic E-state index is 0.0228. The van der Waals surface area contributed by atoms with Crippen LogP contribution in [0.4, 0.5) is 13.2 Å². The molecule has 0 saturated carbocycles. The number of aryl methyl sites for hydroxylation is 1. The van der Waals surface area contributed by atoms with Gasteiger partial charge in [0.15, 0.2) is 0 Å². The van der Waals surface area contributed by atoms with Crippen LogP contribution in [0.5, 0.6) is 5.75 Å². The summed E-state index contributed by atoms with van der Waals surface area (Å²) >= 11 is 0. The number of alkyl halides is 3. The third-order valence-electron chi connectivity index (χ3n) is 5.55. The number of rotatable bonds is 4. The second kappa shape index (κ2) is 7.93. The molecule has 1 aliphatic rings. The standard InChI is InChI=1S/C20H19F3N4O5/c1-10-11-3-4-14(28)13(17(11)32-18(30)12(10)7-16(29)31-2)8-26-5-6-27-15(9-26)24-25-19(27)20(21,22)23/h3-4,28H,5-9H2,1-2H3. The summed E-state index contributed by atoms with van der Waals surface area (Å²) in [4.78, 5) is 25.9. The Labute approximate surface area is 179 Å². The van der Waals surface area contributed by atoms with E-state index in [-0.39, 0.29) is 55.3 Å². The molecule has 2 aromatic heterocycles. The van der Waals surface area contributed by atoms with Crippen molar-refractivity contribution in [3.63, 3.8) is 0 Å². The number of ether oxygens (including phenoxy) is 1. The van der Waals surface area contributed by atoms with Crippen molar-refractivity contribution in [2.75, 3.05) is 13.7 Å². The monoisotopic (exact) mass is 452 g/mol. The largest absolute Gasteiger partial charge is 0.507 e. The number of carbonyl (C=O) groups is 1. The topological polar surface area (TPSA) is 111 Å². The molecule has 4 rings (SSSR count). The lowest BCUT2D eigenvalue weighted by Gasteiger charge is -2.28. The van der Waals surface area contributed by atoms with Crippen LogP contribution >= 0.6 is 0 Å². The number of carbonyl (C=O) groups excluding carboxylic acids is 1. The molecule has 32 heavy (non-hydrogen) atoms. The number of nitrogens with zero attached hydrogens (tertiary/aromatic N) is 4. The maximum atomic E-state index is 13.0. The molecular formula is C20H19F3N4O5. The second-order valence-corrected chi connectivity index (χ2v) is 7.49. The summed E-state index contributed by atoms with van der Waals surface area (Å²) in [5, 5.41) is 17.9. The maximum Gasteiger partial charge on any atom is 0.451 e. The van der Waals surface area contributed by atoms with Gasteiger partial charge in [-0.15, -0.1) is 10.2 Å². The van der Waals surface area contributed by atoms with Gasteiger partial charge in [-0.2, -0.15) is 13.2 Å². The summed E-state index contributed by atoms with van der Waals surface area (Å²) in [6.07, 6.45) is -4.84. The van der Waals surface area contributed by atoms with Crippen molar-refractivity contribution in [1.82, 2.24) is 19.7 Å². The van der Waals surface area contributed by atoms with Crippen LogP contribution in [0.3, 0.4) is 0 Å². The van der Waals surface area contributed by atoms with Crippen molar-refractivity contribution in [2.24, 2.45) is 0 Å². The van der Waals surface area contributed by atoms with Crippen LogP contribution < -0.4 is 5.63 Å². The number of fused-ring (bicyclic) bond motifs is 2. The smallest absolute Gasteiger partial charge is 0.451 e. The highest BCUT2D eigenvalue weighted by atomic mass is 19.4. The first kappa shape index (κ1) is 21.8. The lowest BCUT2D eigenvalue weighted by Crippen LogP contribution is -2.35. The summed E-state index contributed by atoms with van der Waals surface area (Å²) in [5.74, 6) is -1.60. The number of aromatic nitrogens is 3. The summed E-state index contributed by atoms with van der Waals surface area (Å²) in [6.45, 7) is 2.11. The Morgan fingerprint density at radius 3 is 2.69 bits per heavy atom. The zero-order valence-electron chi connectivity index (χ0n) is 17.2. The molecule has 0 saturated heterocycles. The van der Waals surface area contributed by atoms with Crippen LogP contribution in [0.25, 0.3) is 11.0 Å². The van der Waals surface area contributed by atoms with Crippen LogP contribution in [0.1, 0.15) is 28.3 Å². The lowest BCUT2D eigenvalue weighted by atomic mass is 10.0. The van der Waals surface area contributed by atoms with Crippen LogP contribution in [0, 0.1) is 6.92 Å². The number of hydrogen-bond acceptors (Lipinski definition) is 8. The fourth-order valence-electron chi connectivity index (χ4n) is 3.85. The molecule has 0 atom stereocenters. The van der Waals surface area contributed by atoms with Crippen molar-refractivity contribution in [3.05, 3.63) is 50.9 Å². The molecule has 1 aliphatic heterocycles. The number of benzene rings is 1. The molecule has 3 aromatic rings. The van der Waals surface area contributed by atoms with Crippen LogP contribution in [-0.4, -0.2) is 44.4 Å². The van der Waals surface area contributed by atoms with Gasteiger partial charge in [-0.25, -0.2) is 4.79 Å². The first-order valence-electron chi connectivity index (χ1n) is 9.65. The highest BCUT2D eigenvalue weighted by Crippen LogP contribution is 2.33. The first-order valence-corrected chi connectivity index (χ1v) is 9.65. The van der Waals surface area contributed by atoms with E-state index in [4.69, 9.17) is 4.42 Å². The van der Waals surface area contributed by atoms with Gasteiger partial charge in [0.1, 0.15) is 17.2 Å². The summed E-state index contributed by atoms with van der Waals surface area (Å²) in [6, 6.07) is 3.02. The average molecular weight is 452 g/mol. The Hall–Kier alpha value is -3.41. The van der Waals surface area contributed by atoms with Gasteiger partial charge in [-0.3, -0.25) is 9.69 Å². The van der Waals surface area contributed by atoms with Crippen LogP contribution in [0.2, 0.25) is 0 Å². The summed E-state index contributed by atoms with van der Waals surface area (Å²) in [7, 11) is 1.22. The SMILES string of the molecule is COC(=O)Cc1c(C)c2ccc(O)c(CN3CCn4c(nnc4C(F)(F)F)C3)c2oc1=O. The van der Waals surface area contributed by atoms with Gasteiger partial charge >= 0.3 is 17.8 Å². The zero-order chi connectivity index (χ0) is 23.2. The second-order valence-electron chi connectivity index (χ2n) is 7.49. The number of hydrogen-bond donors (Lipinski definition) is 1. The Morgan fingerprint density at radius 1 is 1.25 bits per heavy atom. The fraction of sp³-hybridized carbons (Fsp3) is 0.400. The van der Waals surface area contributed by atoms with Crippen LogP contribution in [-0.2, 0) is 41.8 Å². The Balaban J connectivity index is 1.68. The minimum Gasteiger partial charge on any atom is -0.507 e. The predicted molar refractivity (Wildman–Crippen MR) is 104 cm³/mol.